The number of amides is 2. The molecule has 0 spiro atoms. The number of carbonyl (C=O) groups excluding carboxylic acids is 2. The monoisotopic (exact) mass is 443 g/mol. The first-order valence-corrected chi connectivity index (χ1v) is 9.97. The molecule has 0 aliphatic carbocycles. The quantitative estimate of drug-likeness (QED) is 0.482. The summed E-state index contributed by atoms with van der Waals surface area (Å²) in [4.78, 5) is 36.5. The van der Waals surface area contributed by atoms with E-state index >= 15 is 0 Å². The maximum atomic E-state index is 12.7. The van der Waals surface area contributed by atoms with Gasteiger partial charge in [-0.15, -0.1) is 11.3 Å². The molecule has 2 rings (SSSR count). The lowest BCUT2D eigenvalue weighted by Crippen LogP contribution is -2.50. The fourth-order valence-corrected chi connectivity index (χ4v) is 3.74. The van der Waals surface area contributed by atoms with E-state index in [0.717, 1.165) is 10.9 Å². The lowest BCUT2D eigenvalue weighted by molar-refractivity contribution is -0.384. The van der Waals surface area contributed by atoms with Gasteiger partial charge in [-0.05, 0) is 37.1 Å². The number of nitrogens with one attached hydrogen (secondary N) is 2. The third-order valence-corrected chi connectivity index (χ3v) is 5.75. The first-order valence-electron chi connectivity index (χ1n) is 8.40. The Kier molecular flexibility index (Phi) is 7.40. The Hall–Kier alpha value is -2.16. The van der Waals surface area contributed by atoms with Gasteiger partial charge in [0.2, 0.25) is 5.91 Å². The van der Waals surface area contributed by atoms with Gasteiger partial charge in [-0.25, -0.2) is 0 Å². The summed E-state index contributed by atoms with van der Waals surface area (Å²) >= 11 is 13.1. The molecule has 1 heterocycles. The average Bonchev–Trinajstić information content (AvgIpc) is 3.05. The Labute approximate surface area is 176 Å². The zero-order valence-corrected chi connectivity index (χ0v) is 17.7. The molecule has 2 aromatic rings. The van der Waals surface area contributed by atoms with Gasteiger partial charge in [0.05, 0.1) is 15.3 Å². The first-order chi connectivity index (χ1) is 13.1. The van der Waals surface area contributed by atoms with Crippen molar-refractivity contribution in [3.05, 3.63) is 60.2 Å². The summed E-state index contributed by atoms with van der Waals surface area (Å²) < 4.78 is 0.620. The number of hydrogen-bond acceptors (Lipinski definition) is 5. The molecular formula is C18H19Cl2N3O4S. The molecule has 1 aromatic heterocycles. The molecule has 0 radical (unpaired) electrons. The minimum absolute atomic E-state index is 0.0487. The molecule has 28 heavy (non-hydrogen) atoms. The molecule has 10 heteroatoms. The number of nitro benzene ring substituents is 1. The van der Waals surface area contributed by atoms with E-state index in [1.54, 1.807) is 19.9 Å². The highest BCUT2D eigenvalue weighted by Crippen LogP contribution is 2.27. The van der Waals surface area contributed by atoms with Gasteiger partial charge in [-0.3, -0.25) is 19.7 Å². The number of benzene rings is 1. The molecule has 2 atom stereocenters. The molecule has 150 valence electrons. The van der Waals surface area contributed by atoms with Crippen LogP contribution < -0.4 is 10.6 Å². The number of rotatable bonds is 7. The van der Waals surface area contributed by atoms with Crippen LogP contribution in [0.3, 0.4) is 0 Å². The van der Waals surface area contributed by atoms with E-state index in [1.165, 1.54) is 23.5 Å². The zero-order chi connectivity index (χ0) is 21.0. The van der Waals surface area contributed by atoms with Crippen LogP contribution in [-0.4, -0.2) is 22.8 Å². The molecule has 1 aromatic carbocycles. The Morgan fingerprint density at radius 1 is 1.11 bits per heavy atom. The van der Waals surface area contributed by atoms with Gasteiger partial charge in [-0.2, -0.15) is 0 Å². The van der Waals surface area contributed by atoms with Crippen LogP contribution in [0.5, 0.6) is 0 Å². The van der Waals surface area contributed by atoms with Gasteiger partial charge in [0.25, 0.3) is 11.6 Å². The van der Waals surface area contributed by atoms with E-state index in [9.17, 15) is 19.7 Å². The maximum Gasteiger partial charge on any atom is 0.288 e. The molecule has 2 unspecified atom stereocenters. The minimum atomic E-state index is -0.819. The number of halogens is 2. The van der Waals surface area contributed by atoms with Crippen LogP contribution in [0.1, 0.15) is 42.0 Å². The molecule has 2 N–H and O–H groups in total. The third kappa shape index (κ3) is 5.43. The number of nitro groups is 1. The van der Waals surface area contributed by atoms with Gasteiger partial charge >= 0.3 is 0 Å². The maximum absolute atomic E-state index is 12.7. The lowest BCUT2D eigenvalue weighted by Gasteiger charge is -2.23. The second kappa shape index (κ2) is 9.36. The van der Waals surface area contributed by atoms with Crippen molar-refractivity contribution in [2.24, 2.45) is 5.92 Å². The molecule has 2 amide bonds. The van der Waals surface area contributed by atoms with Crippen LogP contribution in [0.4, 0.5) is 5.69 Å². The lowest BCUT2D eigenvalue weighted by atomic mass is 10.0. The highest BCUT2D eigenvalue weighted by molar-refractivity contribution is 7.16. The van der Waals surface area contributed by atoms with Crippen LogP contribution in [0.15, 0.2) is 30.3 Å². The molecule has 0 aliphatic rings. The van der Waals surface area contributed by atoms with E-state index in [4.69, 9.17) is 23.2 Å². The molecule has 0 aliphatic heterocycles. The summed E-state index contributed by atoms with van der Waals surface area (Å²) in [6, 6.07) is 6.22. The van der Waals surface area contributed by atoms with Gasteiger partial charge < -0.3 is 10.6 Å². The summed E-state index contributed by atoms with van der Waals surface area (Å²) in [5.74, 6) is -1.16. The average molecular weight is 444 g/mol. The SMILES string of the molecule is CC(NC(=O)C(NC(=O)c1ccc(Cl)c([N+](=O)[O-])c1)C(C)C)c1ccc(Cl)s1. The van der Waals surface area contributed by atoms with Crippen molar-refractivity contribution in [3.8, 4) is 0 Å². The summed E-state index contributed by atoms with van der Waals surface area (Å²) in [6.07, 6.45) is 0. The standard InChI is InChI=1S/C18H19Cl2N3O4S/c1-9(2)16(18(25)21-10(3)14-6-7-15(20)28-14)22-17(24)11-4-5-12(19)13(8-11)23(26)27/h4-10,16H,1-3H3,(H,21,25)(H,22,24). The predicted molar refractivity (Wildman–Crippen MR) is 110 cm³/mol. The number of hydrogen-bond donors (Lipinski definition) is 2. The van der Waals surface area contributed by atoms with Crippen LogP contribution in [0.2, 0.25) is 9.36 Å². The Balaban J connectivity index is 2.13. The number of nitrogens with zero attached hydrogens (tertiary/aromatic N) is 1. The summed E-state index contributed by atoms with van der Waals surface area (Å²) in [6.45, 7) is 5.41. The van der Waals surface area contributed by atoms with Crippen molar-refractivity contribution in [2.45, 2.75) is 32.9 Å². The van der Waals surface area contributed by atoms with Crippen molar-refractivity contribution in [1.82, 2.24) is 10.6 Å². The van der Waals surface area contributed by atoms with Crippen LogP contribution in [0, 0.1) is 16.0 Å². The number of carbonyl (C=O) groups is 2. The summed E-state index contributed by atoms with van der Waals surface area (Å²) in [7, 11) is 0. The van der Waals surface area contributed by atoms with Gasteiger partial charge in [0.1, 0.15) is 11.1 Å². The van der Waals surface area contributed by atoms with Gasteiger partial charge in [-0.1, -0.05) is 37.0 Å². The fourth-order valence-electron chi connectivity index (χ4n) is 2.49. The third-order valence-electron chi connectivity index (χ3n) is 4.02. The first kappa shape index (κ1) is 22.1. The van der Waals surface area contributed by atoms with Crippen molar-refractivity contribution in [2.75, 3.05) is 0 Å². The molecule has 0 fully saturated rings. The van der Waals surface area contributed by atoms with Crippen LogP contribution >= 0.6 is 34.5 Å². The Bertz CT molecular complexity index is 901. The number of thiophene rings is 1. The summed E-state index contributed by atoms with van der Waals surface area (Å²) in [5.41, 5.74) is -0.323. The van der Waals surface area contributed by atoms with E-state index in [-0.39, 0.29) is 34.1 Å². The molecule has 7 nitrogen and oxygen atoms in total. The highest BCUT2D eigenvalue weighted by Gasteiger charge is 2.27. The zero-order valence-electron chi connectivity index (χ0n) is 15.4. The largest absolute Gasteiger partial charge is 0.347 e. The topological polar surface area (TPSA) is 101 Å². The Morgan fingerprint density at radius 2 is 1.79 bits per heavy atom. The minimum Gasteiger partial charge on any atom is -0.347 e. The van der Waals surface area contributed by atoms with E-state index in [0.29, 0.717) is 4.34 Å². The van der Waals surface area contributed by atoms with Crippen molar-refractivity contribution >= 4 is 52.0 Å². The molecule has 0 bridgehead atoms. The van der Waals surface area contributed by atoms with Crippen molar-refractivity contribution in [1.29, 1.82) is 0 Å². The van der Waals surface area contributed by atoms with Crippen LogP contribution in [0.25, 0.3) is 0 Å². The van der Waals surface area contributed by atoms with Crippen LogP contribution in [-0.2, 0) is 4.79 Å². The summed E-state index contributed by atoms with van der Waals surface area (Å²) in [5, 5.41) is 16.4. The smallest absolute Gasteiger partial charge is 0.288 e. The highest BCUT2D eigenvalue weighted by atomic mass is 35.5. The van der Waals surface area contributed by atoms with Crippen molar-refractivity contribution < 1.29 is 14.5 Å². The van der Waals surface area contributed by atoms with Crippen molar-refractivity contribution in [3.63, 3.8) is 0 Å². The van der Waals surface area contributed by atoms with Gasteiger partial charge in [0.15, 0.2) is 0 Å². The predicted octanol–water partition coefficient (Wildman–Crippen LogP) is 4.59. The van der Waals surface area contributed by atoms with E-state index in [2.05, 4.69) is 10.6 Å². The fraction of sp³-hybridized carbons (Fsp3) is 0.333. The molecule has 0 saturated heterocycles. The van der Waals surface area contributed by atoms with E-state index < -0.39 is 16.9 Å². The molecule has 0 saturated carbocycles. The normalized spacial score (nSPS) is 13.1. The second-order valence-corrected chi connectivity index (χ2v) is 8.64. The second-order valence-electron chi connectivity index (χ2n) is 6.49. The Morgan fingerprint density at radius 3 is 2.32 bits per heavy atom. The van der Waals surface area contributed by atoms with Gasteiger partial charge in [0, 0.05) is 16.5 Å². The molecular weight excluding hydrogens is 425 g/mol. The van der Waals surface area contributed by atoms with E-state index in [1.807, 2.05) is 13.0 Å².